The van der Waals surface area contributed by atoms with E-state index in [0.29, 0.717) is 18.1 Å². The predicted octanol–water partition coefficient (Wildman–Crippen LogP) is 5.04. The standard InChI is InChI=1S/C29H31N3O9S/c1-29(2)28(34)27(30-42(39,40)26-16-14-21(31(35)36)18-23(26)32(37)38)22-17-20(13-15-25(22)41-29)24(33)12-8-4-7-11-19-9-5-3-6-10-19/h3,5-6,9-10,13-18,27-28,30,34H,4,7-8,11-12H2,1-2H3/t27-,28+/m1/s1. The zero-order chi connectivity index (χ0) is 30.7. The number of hydrogen-bond acceptors (Lipinski definition) is 9. The van der Waals surface area contributed by atoms with Crippen molar-refractivity contribution < 1.29 is 32.9 Å². The number of aliphatic hydroxyl groups excluding tert-OH is 1. The number of sulfonamides is 1. The number of fused-ring (bicyclic) bond motifs is 1. The molecule has 2 atom stereocenters. The van der Waals surface area contributed by atoms with Gasteiger partial charge in [-0.3, -0.25) is 25.0 Å². The van der Waals surface area contributed by atoms with Gasteiger partial charge in [0, 0.05) is 23.6 Å². The number of unbranched alkanes of at least 4 members (excludes halogenated alkanes) is 2. The predicted molar refractivity (Wildman–Crippen MR) is 153 cm³/mol. The summed E-state index contributed by atoms with van der Waals surface area (Å²) < 4.78 is 35.0. The third kappa shape index (κ3) is 6.81. The van der Waals surface area contributed by atoms with Crippen molar-refractivity contribution in [1.29, 1.82) is 0 Å². The number of nitro benzene ring substituents is 2. The maximum atomic E-state index is 13.4. The zero-order valence-corrected chi connectivity index (χ0v) is 23.9. The first kappa shape index (κ1) is 30.8. The van der Waals surface area contributed by atoms with Crippen molar-refractivity contribution in [2.75, 3.05) is 0 Å². The van der Waals surface area contributed by atoms with Gasteiger partial charge in [0.2, 0.25) is 10.0 Å². The van der Waals surface area contributed by atoms with E-state index >= 15 is 0 Å². The molecule has 0 fully saturated rings. The average Bonchev–Trinajstić information content (AvgIpc) is 2.95. The van der Waals surface area contributed by atoms with Gasteiger partial charge in [-0.05, 0) is 62.9 Å². The summed E-state index contributed by atoms with van der Waals surface area (Å²) in [6.45, 7) is 3.09. The maximum Gasteiger partial charge on any atom is 0.296 e. The summed E-state index contributed by atoms with van der Waals surface area (Å²) in [4.78, 5) is 33.0. The Kier molecular flexibility index (Phi) is 9.04. The fourth-order valence-electron chi connectivity index (χ4n) is 4.90. The first-order chi connectivity index (χ1) is 19.8. The number of Topliss-reactive ketones (excluding diaryl/α,β-unsaturated/α-hetero) is 1. The molecule has 0 bridgehead atoms. The van der Waals surface area contributed by atoms with Crippen LogP contribution in [0.25, 0.3) is 0 Å². The van der Waals surface area contributed by atoms with Gasteiger partial charge in [0.15, 0.2) is 10.7 Å². The van der Waals surface area contributed by atoms with Crippen LogP contribution in [0.1, 0.15) is 67.1 Å². The molecule has 1 aliphatic heterocycles. The molecule has 0 saturated heterocycles. The molecule has 12 nitrogen and oxygen atoms in total. The Hall–Kier alpha value is -4.20. The maximum absolute atomic E-state index is 13.4. The van der Waals surface area contributed by atoms with Crippen molar-refractivity contribution in [2.45, 2.75) is 68.6 Å². The molecule has 0 unspecified atom stereocenters. The van der Waals surface area contributed by atoms with Gasteiger partial charge in [-0.15, -0.1) is 0 Å². The van der Waals surface area contributed by atoms with Crippen LogP contribution in [-0.2, 0) is 16.4 Å². The molecular weight excluding hydrogens is 566 g/mol. The minimum Gasteiger partial charge on any atom is -0.485 e. The van der Waals surface area contributed by atoms with Crippen molar-refractivity contribution >= 4 is 27.2 Å². The Morgan fingerprint density at radius 3 is 2.36 bits per heavy atom. The molecule has 42 heavy (non-hydrogen) atoms. The van der Waals surface area contributed by atoms with Gasteiger partial charge >= 0.3 is 0 Å². The van der Waals surface area contributed by atoms with Crippen LogP contribution in [0.3, 0.4) is 0 Å². The summed E-state index contributed by atoms with van der Waals surface area (Å²) in [6.07, 6.45) is 2.16. The summed E-state index contributed by atoms with van der Waals surface area (Å²) in [5, 5.41) is 33.8. The molecular formula is C29H31N3O9S. The number of aliphatic hydroxyl groups is 1. The first-order valence-corrected chi connectivity index (χ1v) is 14.8. The van der Waals surface area contributed by atoms with Gasteiger partial charge in [0.05, 0.1) is 22.0 Å². The molecule has 0 radical (unpaired) electrons. The lowest BCUT2D eigenvalue weighted by Gasteiger charge is -2.42. The Labute approximate surface area is 242 Å². The van der Waals surface area contributed by atoms with Crippen molar-refractivity contribution in [3.05, 3.63) is 104 Å². The summed E-state index contributed by atoms with van der Waals surface area (Å²) in [6, 6.07) is 15.4. The smallest absolute Gasteiger partial charge is 0.296 e. The molecule has 3 aromatic carbocycles. The highest BCUT2D eigenvalue weighted by atomic mass is 32.2. The molecule has 13 heteroatoms. The van der Waals surface area contributed by atoms with Crippen LogP contribution in [0.4, 0.5) is 11.4 Å². The molecule has 2 N–H and O–H groups in total. The third-order valence-corrected chi connectivity index (χ3v) is 8.69. The van der Waals surface area contributed by atoms with E-state index in [1.165, 1.54) is 17.7 Å². The molecule has 0 spiro atoms. The largest absolute Gasteiger partial charge is 0.485 e. The van der Waals surface area contributed by atoms with Crippen LogP contribution >= 0.6 is 0 Å². The molecule has 1 aliphatic rings. The fourth-order valence-corrected chi connectivity index (χ4v) is 6.27. The number of carbonyl (C=O) groups is 1. The molecule has 4 rings (SSSR count). The lowest BCUT2D eigenvalue weighted by atomic mass is 9.86. The number of non-ortho nitro benzene ring substituents is 1. The fraction of sp³-hybridized carbons (Fsp3) is 0.345. The van der Waals surface area contributed by atoms with Crippen LogP contribution < -0.4 is 9.46 Å². The zero-order valence-electron chi connectivity index (χ0n) is 23.1. The molecule has 222 valence electrons. The number of nitrogens with one attached hydrogen (secondary N) is 1. The number of nitrogens with zero attached hydrogens (tertiary/aromatic N) is 2. The topological polar surface area (TPSA) is 179 Å². The Bertz CT molecular complexity index is 1610. The third-order valence-electron chi connectivity index (χ3n) is 7.20. The molecule has 0 amide bonds. The summed E-state index contributed by atoms with van der Waals surface area (Å²) in [5.41, 5.74) is -1.20. The van der Waals surface area contributed by atoms with Gasteiger partial charge in [-0.2, -0.15) is 0 Å². The van der Waals surface area contributed by atoms with Crippen molar-refractivity contribution in [3.63, 3.8) is 0 Å². The monoisotopic (exact) mass is 597 g/mol. The van der Waals surface area contributed by atoms with Crippen molar-refractivity contribution in [2.24, 2.45) is 0 Å². The molecule has 1 heterocycles. The van der Waals surface area contributed by atoms with Crippen molar-refractivity contribution in [1.82, 2.24) is 4.72 Å². The number of hydrogen-bond donors (Lipinski definition) is 2. The van der Waals surface area contributed by atoms with Gasteiger partial charge in [0.25, 0.3) is 11.4 Å². The van der Waals surface area contributed by atoms with Gasteiger partial charge in [-0.25, -0.2) is 13.1 Å². The van der Waals surface area contributed by atoms with Gasteiger partial charge < -0.3 is 9.84 Å². The van der Waals surface area contributed by atoms with E-state index in [0.717, 1.165) is 31.4 Å². The second-order valence-corrected chi connectivity index (χ2v) is 12.3. The van der Waals surface area contributed by atoms with E-state index in [-0.39, 0.29) is 23.5 Å². The SMILES string of the molecule is CC1(C)Oc2ccc(C(=O)CCCCCc3ccccc3)cc2[C@@H](NS(=O)(=O)c2ccc([N+](=O)[O-])cc2[N+](=O)[O-])[C@@H]1O. The molecule has 0 aliphatic carbocycles. The van der Waals surface area contributed by atoms with Crippen LogP contribution in [0.15, 0.2) is 71.6 Å². The van der Waals surface area contributed by atoms with E-state index in [2.05, 4.69) is 16.9 Å². The number of rotatable bonds is 12. The molecule has 0 aromatic heterocycles. The first-order valence-electron chi connectivity index (χ1n) is 13.3. The van der Waals surface area contributed by atoms with Crippen LogP contribution in [0, 0.1) is 20.2 Å². The summed E-state index contributed by atoms with van der Waals surface area (Å²) in [7, 11) is -4.70. The number of ether oxygens (including phenoxy) is 1. The highest BCUT2D eigenvalue weighted by Crippen LogP contribution is 2.41. The molecule has 0 saturated carbocycles. The number of benzene rings is 3. The van der Waals surface area contributed by atoms with Gasteiger partial charge in [-0.1, -0.05) is 36.8 Å². The van der Waals surface area contributed by atoms with E-state index < -0.39 is 53.9 Å². The molecule has 3 aromatic rings. The number of aryl methyl sites for hydroxylation is 1. The number of nitro groups is 2. The number of carbonyl (C=O) groups excluding carboxylic acids is 1. The quantitative estimate of drug-likeness (QED) is 0.125. The average molecular weight is 598 g/mol. The minimum atomic E-state index is -4.70. The van der Waals surface area contributed by atoms with E-state index in [1.54, 1.807) is 19.9 Å². The normalized spacial score (nSPS) is 17.6. The Morgan fingerprint density at radius 2 is 1.69 bits per heavy atom. The lowest BCUT2D eigenvalue weighted by molar-refractivity contribution is -0.396. The minimum absolute atomic E-state index is 0.163. The van der Waals surface area contributed by atoms with E-state index in [1.807, 2.05) is 18.2 Å². The van der Waals surface area contributed by atoms with E-state index in [9.17, 15) is 38.5 Å². The van der Waals surface area contributed by atoms with Crippen LogP contribution in [0.5, 0.6) is 5.75 Å². The van der Waals surface area contributed by atoms with E-state index in [4.69, 9.17) is 4.74 Å². The lowest BCUT2D eigenvalue weighted by Crippen LogP contribution is -2.53. The highest BCUT2D eigenvalue weighted by Gasteiger charge is 2.45. The Balaban J connectivity index is 1.56. The Morgan fingerprint density at radius 1 is 0.976 bits per heavy atom. The number of ketones is 1. The summed E-state index contributed by atoms with van der Waals surface area (Å²) in [5.74, 6) is 0.0695. The van der Waals surface area contributed by atoms with Crippen LogP contribution in [0.2, 0.25) is 0 Å². The summed E-state index contributed by atoms with van der Waals surface area (Å²) >= 11 is 0. The second kappa shape index (κ2) is 12.3. The van der Waals surface area contributed by atoms with Crippen LogP contribution in [-0.4, -0.2) is 40.9 Å². The highest BCUT2D eigenvalue weighted by molar-refractivity contribution is 7.89. The van der Waals surface area contributed by atoms with Gasteiger partial charge in [0.1, 0.15) is 17.5 Å². The second-order valence-electron chi connectivity index (χ2n) is 10.6. The van der Waals surface area contributed by atoms with Crippen molar-refractivity contribution in [3.8, 4) is 5.75 Å².